The predicted octanol–water partition coefficient (Wildman–Crippen LogP) is 3.66. The summed E-state index contributed by atoms with van der Waals surface area (Å²) in [6.45, 7) is 6.65. The van der Waals surface area contributed by atoms with Gasteiger partial charge in [0.1, 0.15) is 0 Å². The summed E-state index contributed by atoms with van der Waals surface area (Å²) < 4.78 is 0. The van der Waals surface area contributed by atoms with Gasteiger partial charge in [0.2, 0.25) is 5.91 Å². The molecule has 0 fully saturated rings. The van der Waals surface area contributed by atoms with E-state index in [9.17, 15) is 4.79 Å². The zero-order valence-electron chi connectivity index (χ0n) is 14.6. The highest BCUT2D eigenvalue weighted by Crippen LogP contribution is 2.32. The fourth-order valence-corrected chi connectivity index (χ4v) is 3.68. The van der Waals surface area contributed by atoms with Gasteiger partial charge in [0.05, 0.1) is 5.41 Å². The summed E-state index contributed by atoms with van der Waals surface area (Å²) in [5.74, 6) is 0.123. The van der Waals surface area contributed by atoms with Gasteiger partial charge in [-0.25, -0.2) is 0 Å². The number of rotatable bonds is 6. The smallest absolute Gasteiger partial charge is 0.230 e. The molecule has 0 spiro atoms. The Hall–Kier alpha value is -2.13. The van der Waals surface area contributed by atoms with Crippen LogP contribution in [0.3, 0.4) is 0 Å². The number of carbonyl (C=O) groups excluding carboxylic acids is 1. The lowest BCUT2D eigenvalue weighted by molar-refractivity contribution is -0.127. The third-order valence-electron chi connectivity index (χ3n) is 5.32. The summed E-state index contributed by atoms with van der Waals surface area (Å²) in [5.41, 5.74) is 4.54. The van der Waals surface area contributed by atoms with Crippen molar-refractivity contribution in [1.82, 2.24) is 10.6 Å². The van der Waals surface area contributed by atoms with Crippen LogP contribution in [0.1, 0.15) is 48.9 Å². The Morgan fingerprint density at radius 3 is 2.46 bits per heavy atom. The molecule has 0 bridgehead atoms. The lowest BCUT2D eigenvalue weighted by Crippen LogP contribution is -2.43. The molecule has 0 atom stereocenters. The number of benzene rings is 2. The van der Waals surface area contributed by atoms with Crippen LogP contribution >= 0.6 is 0 Å². The van der Waals surface area contributed by atoms with E-state index in [2.05, 4.69) is 54.8 Å². The average Bonchev–Trinajstić information content (AvgIpc) is 3.10. The number of nitrogens with one attached hydrogen (secondary N) is 2. The normalized spacial score (nSPS) is 13.6. The van der Waals surface area contributed by atoms with Crippen LogP contribution in [0.2, 0.25) is 0 Å². The number of hydrogen-bond acceptors (Lipinski definition) is 2. The molecule has 1 aliphatic rings. The van der Waals surface area contributed by atoms with E-state index >= 15 is 0 Å². The van der Waals surface area contributed by atoms with E-state index in [1.807, 2.05) is 18.2 Å². The minimum Gasteiger partial charge on any atom is -0.351 e. The van der Waals surface area contributed by atoms with E-state index in [1.54, 1.807) is 0 Å². The fourth-order valence-electron chi connectivity index (χ4n) is 3.68. The minimum absolute atomic E-state index is 0.123. The molecular weight excluding hydrogens is 296 g/mol. The summed E-state index contributed by atoms with van der Waals surface area (Å²) in [6, 6.07) is 16.6. The molecule has 3 rings (SSSR count). The number of hydrogen-bond donors (Lipinski definition) is 2. The second-order valence-electron chi connectivity index (χ2n) is 6.54. The fraction of sp³-hybridized carbons (Fsp3) is 0.381. The highest BCUT2D eigenvalue weighted by molar-refractivity contribution is 5.88. The average molecular weight is 322 g/mol. The summed E-state index contributed by atoms with van der Waals surface area (Å²) in [5, 5.41) is 6.53. The van der Waals surface area contributed by atoms with Crippen molar-refractivity contribution < 1.29 is 4.79 Å². The first-order valence-electron chi connectivity index (χ1n) is 8.85. The van der Waals surface area contributed by atoms with Crippen molar-refractivity contribution in [2.45, 2.75) is 51.7 Å². The van der Waals surface area contributed by atoms with Crippen molar-refractivity contribution in [2.24, 2.45) is 0 Å². The molecule has 24 heavy (non-hydrogen) atoms. The molecular formula is C21H26N2O. The lowest BCUT2D eigenvalue weighted by atomic mass is 9.75. The molecule has 1 amide bonds. The molecule has 0 aliphatic carbocycles. The lowest BCUT2D eigenvalue weighted by Gasteiger charge is -2.31. The maximum atomic E-state index is 13.0. The van der Waals surface area contributed by atoms with Gasteiger partial charge in [-0.15, -0.1) is 0 Å². The molecule has 0 aromatic heterocycles. The number of fused-ring (bicyclic) bond motifs is 1. The molecule has 0 unspecified atom stereocenters. The maximum absolute atomic E-state index is 13.0. The Bertz CT molecular complexity index is 705. The van der Waals surface area contributed by atoms with Gasteiger partial charge < -0.3 is 10.6 Å². The number of carbonyl (C=O) groups is 1. The highest BCUT2D eigenvalue weighted by atomic mass is 16.2. The van der Waals surface area contributed by atoms with E-state index in [-0.39, 0.29) is 5.91 Å². The maximum Gasteiger partial charge on any atom is 0.230 e. The first-order chi connectivity index (χ1) is 11.7. The van der Waals surface area contributed by atoms with Crippen LogP contribution < -0.4 is 10.6 Å². The van der Waals surface area contributed by atoms with Gasteiger partial charge in [0.15, 0.2) is 0 Å². The van der Waals surface area contributed by atoms with Crippen LogP contribution in [-0.2, 0) is 29.8 Å². The molecule has 0 radical (unpaired) electrons. The summed E-state index contributed by atoms with van der Waals surface area (Å²) in [7, 11) is 0. The molecule has 0 saturated heterocycles. The molecule has 2 N–H and O–H groups in total. The topological polar surface area (TPSA) is 41.1 Å². The van der Waals surface area contributed by atoms with Crippen molar-refractivity contribution in [1.29, 1.82) is 0 Å². The zero-order chi connectivity index (χ0) is 17.0. The van der Waals surface area contributed by atoms with Gasteiger partial charge in [0, 0.05) is 19.6 Å². The molecule has 3 heteroatoms. The highest BCUT2D eigenvalue weighted by Gasteiger charge is 2.36. The van der Waals surface area contributed by atoms with Gasteiger partial charge in [-0.1, -0.05) is 62.4 Å². The van der Waals surface area contributed by atoms with Gasteiger partial charge in [0.25, 0.3) is 0 Å². The standard InChI is InChI=1S/C21H26N2O/c1-3-21(4-2,19-8-6-5-7-9-19)20(24)23-13-16-10-11-17-14-22-15-18(17)12-16/h5-12,22H,3-4,13-15H2,1-2H3,(H,23,24). The van der Waals surface area contributed by atoms with Crippen LogP contribution in [-0.4, -0.2) is 5.91 Å². The molecule has 0 saturated carbocycles. The summed E-state index contributed by atoms with van der Waals surface area (Å²) in [4.78, 5) is 13.0. The Morgan fingerprint density at radius 2 is 1.75 bits per heavy atom. The van der Waals surface area contributed by atoms with E-state index < -0.39 is 5.41 Å². The van der Waals surface area contributed by atoms with Crippen LogP contribution in [0.4, 0.5) is 0 Å². The van der Waals surface area contributed by atoms with Gasteiger partial charge in [-0.3, -0.25) is 4.79 Å². The number of amides is 1. The van der Waals surface area contributed by atoms with Crippen LogP contribution in [0.15, 0.2) is 48.5 Å². The summed E-state index contributed by atoms with van der Waals surface area (Å²) in [6.07, 6.45) is 1.60. The largest absolute Gasteiger partial charge is 0.351 e. The molecule has 1 aliphatic heterocycles. The van der Waals surface area contributed by atoms with E-state index in [0.29, 0.717) is 6.54 Å². The molecule has 2 aromatic carbocycles. The van der Waals surface area contributed by atoms with E-state index in [1.165, 1.54) is 16.7 Å². The second-order valence-corrected chi connectivity index (χ2v) is 6.54. The minimum atomic E-state index is -0.445. The molecule has 126 valence electrons. The quantitative estimate of drug-likeness (QED) is 0.852. The van der Waals surface area contributed by atoms with Gasteiger partial charge >= 0.3 is 0 Å². The second kappa shape index (κ2) is 7.18. The van der Waals surface area contributed by atoms with Crippen molar-refractivity contribution in [2.75, 3.05) is 0 Å². The molecule has 1 heterocycles. The SMILES string of the molecule is CCC(CC)(C(=O)NCc1ccc2c(c1)CNC2)c1ccccc1. The Balaban J connectivity index is 1.75. The van der Waals surface area contributed by atoms with Crippen LogP contribution in [0.25, 0.3) is 0 Å². The predicted molar refractivity (Wildman–Crippen MR) is 97.5 cm³/mol. The monoisotopic (exact) mass is 322 g/mol. The van der Waals surface area contributed by atoms with Crippen LogP contribution in [0.5, 0.6) is 0 Å². The van der Waals surface area contributed by atoms with Crippen molar-refractivity contribution in [3.8, 4) is 0 Å². The van der Waals surface area contributed by atoms with Gasteiger partial charge in [-0.05, 0) is 35.1 Å². The first kappa shape index (κ1) is 16.7. The van der Waals surface area contributed by atoms with Gasteiger partial charge in [-0.2, -0.15) is 0 Å². The Morgan fingerprint density at radius 1 is 1.04 bits per heavy atom. The molecule has 3 nitrogen and oxygen atoms in total. The summed E-state index contributed by atoms with van der Waals surface area (Å²) >= 11 is 0. The van der Waals surface area contributed by atoms with Crippen molar-refractivity contribution >= 4 is 5.91 Å². The van der Waals surface area contributed by atoms with Crippen molar-refractivity contribution in [3.05, 3.63) is 70.8 Å². The molecule has 2 aromatic rings. The van der Waals surface area contributed by atoms with E-state index in [0.717, 1.165) is 31.5 Å². The third kappa shape index (κ3) is 3.09. The van der Waals surface area contributed by atoms with E-state index in [4.69, 9.17) is 0 Å². The first-order valence-corrected chi connectivity index (χ1v) is 8.85. The Labute approximate surface area is 144 Å². The zero-order valence-corrected chi connectivity index (χ0v) is 14.6. The van der Waals surface area contributed by atoms with Crippen LogP contribution in [0, 0.1) is 0 Å². The Kier molecular flexibility index (Phi) is 5.00. The third-order valence-corrected chi connectivity index (χ3v) is 5.32. The van der Waals surface area contributed by atoms with Crippen molar-refractivity contribution in [3.63, 3.8) is 0 Å².